The molecule has 0 unspecified atom stereocenters. The van der Waals surface area contributed by atoms with E-state index in [1.807, 2.05) is 6.26 Å². The molecule has 1 aromatic rings. The highest BCUT2D eigenvalue weighted by atomic mass is 32.2. The van der Waals surface area contributed by atoms with E-state index >= 15 is 0 Å². The van der Waals surface area contributed by atoms with Crippen LogP contribution in [0.25, 0.3) is 6.08 Å². The van der Waals surface area contributed by atoms with Gasteiger partial charge in [0.15, 0.2) is 0 Å². The maximum atomic E-state index is 12.3. The smallest absolute Gasteiger partial charge is 0.328 e. The standard InChI is InChI=1S/C14H17NO4S2/c1-20-14(7-8-14)10-15-21(18,19)12-4-2-3-11(9-12)5-6-13(16)17/h2-6,9,15H,7-8,10H2,1H3,(H,16,17)/b6-5+. The Bertz CT molecular complexity index is 663. The van der Waals surface area contributed by atoms with Crippen LogP contribution in [-0.2, 0) is 14.8 Å². The minimum absolute atomic E-state index is 0.0495. The number of carboxylic acids is 1. The van der Waals surface area contributed by atoms with Gasteiger partial charge in [0.1, 0.15) is 0 Å². The Morgan fingerprint density at radius 2 is 2.19 bits per heavy atom. The molecular formula is C14H17NO4S2. The van der Waals surface area contributed by atoms with Crippen LogP contribution in [0.15, 0.2) is 35.2 Å². The van der Waals surface area contributed by atoms with Gasteiger partial charge in [0.25, 0.3) is 0 Å². The molecule has 0 saturated heterocycles. The highest BCUT2D eigenvalue weighted by Crippen LogP contribution is 2.46. The lowest BCUT2D eigenvalue weighted by molar-refractivity contribution is -0.131. The SMILES string of the molecule is CSC1(CNS(=O)(=O)c2cccc(/C=C/C(=O)O)c2)CC1. The molecule has 1 saturated carbocycles. The molecule has 0 amide bonds. The lowest BCUT2D eigenvalue weighted by Gasteiger charge is -2.13. The number of carboxylic acid groups (broad SMARTS) is 1. The summed E-state index contributed by atoms with van der Waals surface area (Å²) in [5, 5.41) is 8.59. The number of carbonyl (C=O) groups is 1. The van der Waals surface area contributed by atoms with Gasteiger partial charge < -0.3 is 5.11 Å². The number of hydrogen-bond acceptors (Lipinski definition) is 4. The molecule has 0 aromatic heterocycles. The van der Waals surface area contributed by atoms with Gasteiger partial charge in [-0.05, 0) is 42.9 Å². The number of benzene rings is 1. The van der Waals surface area contributed by atoms with Gasteiger partial charge in [-0.15, -0.1) is 0 Å². The molecule has 5 nitrogen and oxygen atoms in total. The second-order valence-corrected chi connectivity index (χ2v) is 8.00. The Kier molecular flexibility index (Phi) is 4.75. The van der Waals surface area contributed by atoms with Gasteiger partial charge in [-0.25, -0.2) is 17.9 Å². The molecule has 0 spiro atoms. The predicted molar refractivity (Wildman–Crippen MR) is 83.8 cm³/mol. The number of hydrogen-bond donors (Lipinski definition) is 2. The van der Waals surface area contributed by atoms with Gasteiger partial charge in [-0.2, -0.15) is 11.8 Å². The van der Waals surface area contributed by atoms with E-state index in [2.05, 4.69) is 4.72 Å². The minimum Gasteiger partial charge on any atom is -0.478 e. The fraction of sp³-hybridized carbons (Fsp3) is 0.357. The van der Waals surface area contributed by atoms with Crippen LogP contribution in [0.1, 0.15) is 18.4 Å². The molecule has 1 fully saturated rings. The highest BCUT2D eigenvalue weighted by molar-refractivity contribution is 8.00. The average molecular weight is 327 g/mol. The summed E-state index contributed by atoms with van der Waals surface area (Å²) in [5.41, 5.74) is 0.534. The molecule has 7 heteroatoms. The third-order valence-corrected chi connectivity index (χ3v) is 6.23. The van der Waals surface area contributed by atoms with Gasteiger partial charge in [0.05, 0.1) is 4.90 Å². The van der Waals surface area contributed by atoms with E-state index in [4.69, 9.17) is 5.11 Å². The van der Waals surface area contributed by atoms with Gasteiger partial charge in [0.2, 0.25) is 10.0 Å². The van der Waals surface area contributed by atoms with Crippen molar-refractivity contribution in [1.29, 1.82) is 0 Å². The van der Waals surface area contributed by atoms with Crippen molar-refractivity contribution < 1.29 is 18.3 Å². The normalized spacial score (nSPS) is 17.0. The molecule has 114 valence electrons. The zero-order chi connectivity index (χ0) is 15.5. The molecule has 1 aliphatic carbocycles. The second kappa shape index (κ2) is 6.21. The Morgan fingerprint density at radius 3 is 2.76 bits per heavy atom. The van der Waals surface area contributed by atoms with E-state index < -0.39 is 16.0 Å². The van der Waals surface area contributed by atoms with Crippen molar-refractivity contribution >= 4 is 33.8 Å². The first-order valence-electron chi connectivity index (χ1n) is 6.43. The first-order chi connectivity index (χ1) is 9.87. The Balaban J connectivity index is 2.12. The summed E-state index contributed by atoms with van der Waals surface area (Å²) in [4.78, 5) is 10.6. The van der Waals surface area contributed by atoms with Crippen LogP contribution in [0.2, 0.25) is 0 Å². The lowest BCUT2D eigenvalue weighted by atomic mass is 10.2. The summed E-state index contributed by atoms with van der Waals surface area (Å²) in [6.07, 6.45) is 6.38. The van der Waals surface area contributed by atoms with Crippen molar-refractivity contribution in [2.24, 2.45) is 0 Å². The quantitative estimate of drug-likeness (QED) is 0.748. The summed E-state index contributed by atoms with van der Waals surface area (Å²) in [6, 6.07) is 6.21. The van der Waals surface area contributed by atoms with E-state index in [1.54, 1.807) is 23.9 Å². The second-order valence-electron chi connectivity index (χ2n) is 4.96. The zero-order valence-corrected chi connectivity index (χ0v) is 13.2. The van der Waals surface area contributed by atoms with Crippen LogP contribution in [-0.4, -0.2) is 37.0 Å². The molecule has 0 bridgehead atoms. The lowest BCUT2D eigenvalue weighted by Crippen LogP contribution is -2.31. The first-order valence-corrected chi connectivity index (χ1v) is 9.14. The number of sulfonamides is 1. The molecule has 0 aliphatic heterocycles. The Morgan fingerprint density at radius 1 is 1.48 bits per heavy atom. The topological polar surface area (TPSA) is 83.5 Å². The Hall–Kier alpha value is -1.31. The molecule has 0 heterocycles. The minimum atomic E-state index is -3.57. The van der Waals surface area contributed by atoms with Crippen LogP contribution >= 0.6 is 11.8 Å². The van der Waals surface area contributed by atoms with E-state index in [-0.39, 0.29) is 9.64 Å². The molecule has 1 aliphatic rings. The molecule has 0 atom stereocenters. The van der Waals surface area contributed by atoms with Crippen molar-refractivity contribution in [3.63, 3.8) is 0 Å². The summed E-state index contributed by atoms with van der Waals surface area (Å²) >= 11 is 1.69. The molecular weight excluding hydrogens is 310 g/mol. The molecule has 2 N–H and O–H groups in total. The largest absolute Gasteiger partial charge is 0.478 e. The van der Waals surface area contributed by atoms with Crippen molar-refractivity contribution in [3.8, 4) is 0 Å². The van der Waals surface area contributed by atoms with Crippen LogP contribution in [0.4, 0.5) is 0 Å². The van der Waals surface area contributed by atoms with Gasteiger partial charge in [-0.1, -0.05) is 12.1 Å². The van der Waals surface area contributed by atoms with Gasteiger partial charge >= 0.3 is 5.97 Å². The van der Waals surface area contributed by atoms with Crippen molar-refractivity contribution in [2.75, 3.05) is 12.8 Å². The Labute approximate surface area is 128 Å². The van der Waals surface area contributed by atoms with E-state index in [1.165, 1.54) is 18.2 Å². The predicted octanol–water partition coefficient (Wildman–Crippen LogP) is 1.96. The van der Waals surface area contributed by atoms with Crippen molar-refractivity contribution in [3.05, 3.63) is 35.9 Å². The third-order valence-electron chi connectivity index (χ3n) is 3.41. The summed E-state index contributed by atoms with van der Waals surface area (Å²) in [6.45, 7) is 0.422. The maximum absolute atomic E-state index is 12.3. The fourth-order valence-corrected chi connectivity index (χ4v) is 3.86. The van der Waals surface area contributed by atoms with Crippen LogP contribution in [0.3, 0.4) is 0 Å². The van der Waals surface area contributed by atoms with E-state index in [9.17, 15) is 13.2 Å². The number of thioether (sulfide) groups is 1. The molecule has 0 radical (unpaired) electrons. The number of rotatable bonds is 7. The van der Waals surface area contributed by atoms with E-state index in [0.717, 1.165) is 18.9 Å². The first kappa shape index (κ1) is 16.1. The molecule has 21 heavy (non-hydrogen) atoms. The zero-order valence-electron chi connectivity index (χ0n) is 11.6. The third kappa shape index (κ3) is 4.33. The van der Waals surface area contributed by atoms with E-state index in [0.29, 0.717) is 12.1 Å². The van der Waals surface area contributed by atoms with Crippen molar-refractivity contribution in [2.45, 2.75) is 22.5 Å². The molecule has 2 rings (SSSR count). The fourth-order valence-electron chi connectivity index (χ4n) is 1.86. The maximum Gasteiger partial charge on any atom is 0.328 e. The van der Waals surface area contributed by atoms with Crippen LogP contribution < -0.4 is 4.72 Å². The van der Waals surface area contributed by atoms with Crippen LogP contribution in [0.5, 0.6) is 0 Å². The highest BCUT2D eigenvalue weighted by Gasteiger charge is 2.42. The molecule has 1 aromatic carbocycles. The number of aliphatic carboxylic acids is 1. The van der Waals surface area contributed by atoms with Crippen molar-refractivity contribution in [1.82, 2.24) is 4.72 Å². The summed E-state index contributed by atoms with van der Waals surface area (Å²) < 4.78 is 27.2. The van der Waals surface area contributed by atoms with Crippen LogP contribution in [0, 0.1) is 0 Å². The van der Waals surface area contributed by atoms with Gasteiger partial charge in [-0.3, -0.25) is 0 Å². The van der Waals surface area contributed by atoms with Gasteiger partial charge in [0, 0.05) is 17.4 Å². The number of nitrogens with one attached hydrogen (secondary N) is 1. The summed E-state index contributed by atoms with van der Waals surface area (Å²) in [5.74, 6) is -1.07. The monoisotopic (exact) mass is 327 g/mol. The average Bonchev–Trinajstić information content (AvgIpc) is 3.24. The summed E-state index contributed by atoms with van der Waals surface area (Å²) in [7, 11) is -3.57.